The number of nitrogens with one attached hydrogen (secondary N) is 1. The van der Waals surface area contributed by atoms with Crippen LogP contribution >= 0.6 is 11.6 Å². The molecule has 1 aromatic rings. The van der Waals surface area contributed by atoms with Crippen molar-refractivity contribution in [1.82, 2.24) is 10.2 Å². The molecule has 1 saturated heterocycles. The highest BCUT2D eigenvalue weighted by Gasteiger charge is 2.15. The van der Waals surface area contributed by atoms with Crippen molar-refractivity contribution in [3.05, 3.63) is 34.3 Å². The first-order chi connectivity index (χ1) is 8.69. The smallest absolute Gasteiger partial charge is 0.0408 e. The maximum absolute atomic E-state index is 6.09. The van der Waals surface area contributed by atoms with Gasteiger partial charge in [-0.15, -0.1) is 0 Å². The monoisotopic (exact) mass is 266 g/mol. The van der Waals surface area contributed by atoms with Crippen molar-refractivity contribution in [2.45, 2.75) is 32.7 Å². The lowest BCUT2D eigenvalue weighted by Crippen LogP contribution is -2.49. The van der Waals surface area contributed by atoms with E-state index in [0.717, 1.165) is 44.0 Å². The zero-order valence-electron chi connectivity index (χ0n) is 11.4. The van der Waals surface area contributed by atoms with Crippen LogP contribution < -0.4 is 5.32 Å². The molecule has 1 fully saturated rings. The van der Waals surface area contributed by atoms with Crippen LogP contribution in [0.2, 0.25) is 5.02 Å². The quantitative estimate of drug-likeness (QED) is 0.902. The second-order valence-electron chi connectivity index (χ2n) is 5.17. The molecule has 2 rings (SSSR count). The third-order valence-electron chi connectivity index (χ3n) is 3.70. The van der Waals surface area contributed by atoms with Crippen LogP contribution in [0.1, 0.15) is 25.0 Å². The summed E-state index contributed by atoms with van der Waals surface area (Å²) < 4.78 is 0. The third kappa shape index (κ3) is 3.71. The molecular weight excluding hydrogens is 244 g/mol. The van der Waals surface area contributed by atoms with Gasteiger partial charge in [0, 0.05) is 37.2 Å². The topological polar surface area (TPSA) is 15.3 Å². The predicted molar refractivity (Wildman–Crippen MR) is 78.4 cm³/mol. The number of benzene rings is 1. The Labute approximate surface area is 115 Å². The molecule has 0 aliphatic carbocycles. The molecule has 2 nitrogen and oxygen atoms in total. The van der Waals surface area contributed by atoms with Gasteiger partial charge in [-0.1, -0.05) is 24.6 Å². The average Bonchev–Trinajstić information content (AvgIpc) is 2.37. The zero-order valence-corrected chi connectivity index (χ0v) is 12.1. The highest BCUT2D eigenvalue weighted by molar-refractivity contribution is 6.30. The summed E-state index contributed by atoms with van der Waals surface area (Å²) in [6, 6.07) is 6.91. The Morgan fingerprint density at radius 1 is 1.39 bits per heavy atom. The summed E-state index contributed by atoms with van der Waals surface area (Å²) in [5.74, 6) is 0. The van der Waals surface area contributed by atoms with Crippen LogP contribution in [0.15, 0.2) is 18.2 Å². The van der Waals surface area contributed by atoms with Crippen molar-refractivity contribution in [3.63, 3.8) is 0 Å². The van der Waals surface area contributed by atoms with Crippen LogP contribution in [0.5, 0.6) is 0 Å². The molecule has 0 unspecified atom stereocenters. The van der Waals surface area contributed by atoms with Crippen LogP contribution in [0.3, 0.4) is 0 Å². The average molecular weight is 267 g/mol. The summed E-state index contributed by atoms with van der Waals surface area (Å²) in [6.45, 7) is 9.02. The molecule has 1 aromatic carbocycles. The number of hydrogen-bond donors (Lipinski definition) is 1. The van der Waals surface area contributed by atoms with E-state index in [4.69, 9.17) is 11.6 Å². The van der Waals surface area contributed by atoms with Gasteiger partial charge in [0.25, 0.3) is 0 Å². The Morgan fingerprint density at radius 2 is 2.22 bits per heavy atom. The molecule has 0 spiro atoms. The van der Waals surface area contributed by atoms with Crippen molar-refractivity contribution in [3.8, 4) is 0 Å². The van der Waals surface area contributed by atoms with Crippen molar-refractivity contribution in [1.29, 1.82) is 0 Å². The van der Waals surface area contributed by atoms with E-state index in [0.29, 0.717) is 6.04 Å². The molecule has 0 radical (unpaired) electrons. The van der Waals surface area contributed by atoms with Gasteiger partial charge in [-0.25, -0.2) is 0 Å². The van der Waals surface area contributed by atoms with E-state index in [1.807, 2.05) is 6.07 Å². The summed E-state index contributed by atoms with van der Waals surface area (Å²) in [7, 11) is 0. The van der Waals surface area contributed by atoms with Gasteiger partial charge >= 0.3 is 0 Å². The molecule has 1 atom stereocenters. The molecule has 0 amide bonds. The second kappa shape index (κ2) is 6.55. The number of halogens is 1. The summed E-state index contributed by atoms with van der Waals surface area (Å²) in [6.07, 6.45) is 2.20. The van der Waals surface area contributed by atoms with E-state index in [9.17, 15) is 0 Å². The molecule has 1 heterocycles. The molecule has 0 aromatic heterocycles. The van der Waals surface area contributed by atoms with Crippen molar-refractivity contribution in [2.24, 2.45) is 0 Å². The SMILES string of the molecule is CCc1ccc(Cl)cc1CCN1CCN[C@@H](C)C1. The first-order valence-electron chi connectivity index (χ1n) is 6.92. The van der Waals surface area contributed by atoms with Crippen LogP contribution in [0, 0.1) is 0 Å². The number of rotatable bonds is 4. The highest BCUT2D eigenvalue weighted by Crippen LogP contribution is 2.17. The van der Waals surface area contributed by atoms with E-state index < -0.39 is 0 Å². The minimum absolute atomic E-state index is 0.615. The van der Waals surface area contributed by atoms with E-state index in [-0.39, 0.29) is 0 Å². The van der Waals surface area contributed by atoms with E-state index >= 15 is 0 Å². The van der Waals surface area contributed by atoms with Crippen LogP contribution in [-0.2, 0) is 12.8 Å². The molecule has 18 heavy (non-hydrogen) atoms. The molecular formula is C15H23ClN2. The van der Waals surface area contributed by atoms with Gasteiger partial charge in [-0.3, -0.25) is 0 Å². The first-order valence-corrected chi connectivity index (χ1v) is 7.30. The van der Waals surface area contributed by atoms with Crippen molar-refractivity contribution >= 4 is 11.6 Å². The Bertz CT molecular complexity index is 392. The van der Waals surface area contributed by atoms with Crippen molar-refractivity contribution < 1.29 is 0 Å². The fourth-order valence-corrected chi connectivity index (χ4v) is 2.86. The predicted octanol–water partition coefficient (Wildman–Crippen LogP) is 2.74. The Kier molecular flexibility index (Phi) is 5.04. The molecule has 3 heteroatoms. The van der Waals surface area contributed by atoms with E-state index in [1.54, 1.807) is 0 Å². The summed E-state index contributed by atoms with van der Waals surface area (Å²) in [5, 5.41) is 4.34. The Hall–Kier alpha value is -0.570. The fraction of sp³-hybridized carbons (Fsp3) is 0.600. The maximum atomic E-state index is 6.09. The van der Waals surface area contributed by atoms with Gasteiger partial charge in [0.2, 0.25) is 0 Å². The van der Waals surface area contributed by atoms with Gasteiger partial charge in [0.15, 0.2) is 0 Å². The zero-order chi connectivity index (χ0) is 13.0. The second-order valence-corrected chi connectivity index (χ2v) is 5.61. The van der Waals surface area contributed by atoms with Gasteiger partial charge in [0.1, 0.15) is 0 Å². The number of hydrogen-bond acceptors (Lipinski definition) is 2. The minimum Gasteiger partial charge on any atom is -0.312 e. The van der Waals surface area contributed by atoms with Crippen LogP contribution in [0.4, 0.5) is 0 Å². The maximum Gasteiger partial charge on any atom is 0.0408 e. The highest BCUT2D eigenvalue weighted by atomic mass is 35.5. The number of piperazine rings is 1. The lowest BCUT2D eigenvalue weighted by Gasteiger charge is -2.32. The lowest BCUT2D eigenvalue weighted by atomic mass is 10.0. The van der Waals surface area contributed by atoms with E-state index in [1.165, 1.54) is 11.1 Å². The van der Waals surface area contributed by atoms with Crippen molar-refractivity contribution in [2.75, 3.05) is 26.2 Å². The van der Waals surface area contributed by atoms with Gasteiger partial charge < -0.3 is 10.2 Å². The first kappa shape index (κ1) is 13.9. The molecule has 0 saturated carbocycles. The van der Waals surface area contributed by atoms with Gasteiger partial charge in [-0.05, 0) is 43.0 Å². The summed E-state index contributed by atoms with van der Waals surface area (Å²) in [4.78, 5) is 2.54. The van der Waals surface area contributed by atoms with Crippen LogP contribution in [-0.4, -0.2) is 37.1 Å². The lowest BCUT2D eigenvalue weighted by molar-refractivity contribution is 0.209. The number of aryl methyl sites for hydroxylation is 1. The molecule has 1 aliphatic heterocycles. The van der Waals surface area contributed by atoms with E-state index in [2.05, 4.69) is 36.2 Å². The van der Waals surface area contributed by atoms with Crippen LogP contribution in [0.25, 0.3) is 0 Å². The summed E-state index contributed by atoms with van der Waals surface area (Å²) >= 11 is 6.09. The fourth-order valence-electron chi connectivity index (χ4n) is 2.67. The molecule has 1 aliphatic rings. The van der Waals surface area contributed by atoms with Gasteiger partial charge in [-0.2, -0.15) is 0 Å². The molecule has 1 N–H and O–H groups in total. The summed E-state index contributed by atoms with van der Waals surface area (Å²) in [5.41, 5.74) is 2.85. The molecule has 100 valence electrons. The third-order valence-corrected chi connectivity index (χ3v) is 3.93. The largest absolute Gasteiger partial charge is 0.312 e. The normalized spacial score (nSPS) is 21.2. The Balaban J connectivity index is 1.94. The number of nitrogens with zero attached hydrogens (tertiary/aromatic N) is 1. The molecule has 0 bridgehead atoms. The minimum atomic E-state index is 0.615. The Morgan fingerprint density at radius 3 is 2.94 bits per heavy atom. The van der Waals surface area contributed by atoms with Gasteiger partial charge in [0.05, 0.1) is 0 Å². The standard InChI is InChI=1S/C15H23ClN2/c1-3-13-4-5-15(16)10-14(13)6-8-18-9-7-17-12(2)11-18/h4-5,10,12,17H,3,6-9,11H2,1-2H3/t12-/m0/s1.